The van der Waals surface area contributed by atoms with Crippen LogP contribution in [0.5, 0.6) is 0 Å². The van der Waals surface area contributed by atoms with Gasteiger partial charge in [0.25, 0.3) is 0 Å². The van der Waals surface area contributed by atoms with Crippen molar-refractivity contribution in [1.29, 1.82) is 0 Å². The molecule has 0 unspecified atom stereocenters. The van der Waals surface area contributed by atoms with Crippen molar-refractivity contribution < 1.29 is 9.44 Å². The zero-order valence-electron chi connectivity index (χ0n) is 8.40. The normalized spacial score (nSPS) is 11.1. The molecule has 1 N–H and O–H groups in total. The van der Waals surface area contributed by atoms with Crippen LogP contribution in [-0.2, 0) is 0 Å². The molecule has 0 saturated heterocycles. The summed E-state index contributed by atoms with van der Waals surface area (Å²) in [6.45, 7) is 0. The highest BCUT2D eigenvalue weighted by molar-refractivity contribution is 6.46. The van der Waals surface area contributed by atoms with Crippen LogP contribution in [0.1, 0.15) is 0 Å². The van der Waals surface area contributed by atoms with Crippen LogP contribution < -0.4 is 5.46 Å². The molecule has 3 rings (SSSR count). The van der Waals surface area contributed by atoms with E-state index in [1.807, 2.05) is 36.4 Å². The molecule has 0 radical (unpaired) electrons. The van der Waals surface area contributed by atoms with Crippen LogP contribution in [0, 0.1) is 0 Å². The number of hydrogen-bond donors (Lipinski definition) is 1. The molecule has 0 aliphatic heterocycles. The Hall–Kier alpha value is -1.45. The second kappa shape index (κ2) is 3.54. The van der Waals surface area contributed by atoms with E-state index in [1.54, 1.807) is 0 Å². The third kappa shape index (κ3) is 1.33. The van der Waals surface area contributed by atoms with Crippen LogP contribution in [0.3, 0.4) is 0 Å². The molecule has 0 aliphatic rings. The van der Waals surface area contributed by atoms with E-state index in [9.17, 15) is 0 Å². The molecule has 16 heavy (non-hydrogen) atoms. The van der Waals surface area contributed by atoms with E-state index in [4.69, 9.17) is 21.0 Å². The molecule has 0 bridgehead atoms. The van der Waals surface area contributed by atoms with Gasteiger partial charge < -0.3 is 9.44 Å². The Morgan fingerprint density at radius 2 is 2.00 bits per heavy atom. The molecular weight excluding hydrogens is 222 g/mol. The first-order valence-electron chi connectivity index (χ1n) is 5.00. The Balaban J connectivity index is 2.47. The lowest BCUT2D eigenvalue weighted by Gasteiger charge is -1.94. The maximum Gasteiger partial charge on any atom is 0.304 e. The second-order valence-electron chi connectivity index (χ2n) is 3.70. The predicted octanol–water partition coefficient (Wildman–Crippen LogP) is 2.21. The number of hydrogen-bond acceptors (Lipinski definition) is 2. The van der Waals surface area contributed by atoms with E-state index in [1.165, 1.54) is 0 Å². The van der Waals surface area contributed by atoms with Gasteiger partial charge in [-0.3, -0.25) is 0 Å². The second-order valence-corrected chi connectivity index (χ2v) is 4.11. The zero-order chi connectivity index (χ0) is 11.1. The summed E-state index contributed by atoms with van der Waals surface area (Å²) < 4.78 is 5.68. The molecule has 0 aliphatic carbocycles. The van der Waals surface area contributed by atoms with Crippen molar-refractivity contribution in [2.24, 2.45) is 0 Å². The highest BCUT2D eigenvalue weighted by atomic mass is 35.5. The molecule has 78 valence electrons. The summed E-state index contributed by atoms with van der Waals surface area (Å²) in [6.07, 6.45) is 0. The van der Waals surface area contributed by atoms with Gasteiger partial charge in [-0.2, -0.15) is 0 Å². The van der Waals surface area contributed by atoms with E-state index >= 15 is 0 Å². The number of fused-ring (bicyclic) bond motifs is 3. The van der Waals surface area contributed by atoms with Gasteiger partial charge in [-0.05, 0) is 23.7 Å². The van der Waals surface area contributed by atoms with Crippen molar-refractivity contribution in [1.82, 2.24) is 0 Å². The van der Waals surface area contributed by atoms with Gasteiger partial charge in [0, 0.05) is 10.8 Å². The van der Waals surface area contributed by atoms with Crippen LogP contribution in [0.2, 0.25) is 5.02 Å². The van der Waals surface area contributed by atoms with Gasteiger partial charge in [-0.25, -0.2) is 0 Å². The molecular formula is C12H8BClO2. The van der Waals surface area contributed by atoms with Crippen molar-refractivity contribution in [2.45, 2.75) is 0 Å². The van der Waals surface area contributed by atoms with Crippen molar-refractivity contribution in [3.05, 3.63) is 41.4 Å². The molecule has 2 nitrogen and oxygen atoms in total. The minimum atomic E-state index is 0.0146. The fourth-order valence-electron chi connectivity index (χ4n) is 1.93. The van der Waals surface area contributed by atoms with Gasteiger partial charge in [0.15, 0.2) is 0 Å². The number of benzene rings is 2. The van der Waals surface area contributed by atoms with E-state index in [2.05, 4.69) is 0 Å². The molecule has 4 heteroatoms. The number of rotatable bonds is 1. The van der Waals surface area contributed by atoms with E-state index in [0.717, 1.165) is 27.4 Å². The largest absolute Gasteiger partial charge is 0.456 e. The van der Waals surface area contributed by atoms with Gasteiger partial charge in [0.2, 0.25) is 0 Å². The third-order valence-electron chi connectivity index (χ3n) is 2.69. The zero-order valence-corrected chi connectivity index (χ0v) is 9.16. The van der Waals surface area contributed by atoms with Crippen molar-refractivity contribution in [3.8, 4) is 0 Å². The van der Waals surface area contributed by atoms with Crippen LogP contribution in [0.15, 0.2) is 40.8 Å². The molecule has 0 atom stereocenters. The summed E-state index contributed by atoms with van der Waals surface area (Å²) in [5, 5.41) is 11.7. The van der Waals surface area contributed by atoms with E-state index in [0.29, 0.717) is 5.02 Å². The average molecular weight is 230 g/mol. The smallest absolute Gasteiger partial charge is 0.304 e. The van der Waals surface area contributed by atoms with Gasteiger partial charge in [-0.1, -0.05) is 29.8 Å². The van der Waals surface area contributed by atoms with Crippen molar-refractivity contribution in [2.75, 3.05) is 0 Å². The molecule has 1 aromatic heterocycles. The van der Waals surface area contributed by atoms with Crippen LogP contribution in [0.4, 0.5) is 0 Å². The van der Waals surface area contributed by atoms with Crippen LogP contribution >= 0.6 is 11.6 Å². The quantitative estimate of drug-likeness (QED) is 0.650. The van der Waals surface area contributed by atoms with E-state index < -0.39 is 0 Å². The first-order valence-corrected chi connectivity index (χ1v) is 5.38. The van der Waals surface area contributed by atoms with Crippen LogP contribution in [0.25, 0.3) is 21.9 Å². The number of furan rings is 1. The van der Waals surface area contributed by atoms with Gasteiger partial charge in [0.1, 0.15) is 11.2 Å². The van der Waals surface area contributed by atoms with Crippen molar-refractivity contribution in [3.63, 3.8) is 0 Å². The molecule has 0 amide bonds. The Bertz CT molecular complexity index is 675. The molecule has 1 heterocycles. The maximum atomic E-state index is 9.06. The van der Waals surface area contributed by atoms with Gasteiger partial charge in [0.05, 0.1) is 5.02 Å². The Morgan fingerprint density at radius 1 is 1.12 bits per heavy atom. The monoisotopic (exact) mass is 230 g/mol. The fourth-order valence-corrected chi connectivity index (χ4v) is 2.19. The lowest BCUT2D eigenvalue weighted by atomic mass is 9.88. The summed E-state index contributed by atoms with van der Waals surface area (Å²) >= 11 is 6.14. The maximum absolute atomic E-state index is 9.06. The molecule has 3 aromatic rings. The third-order valence-corrected chi connectivity index (χ3v) is 3.01. The Kier molecular flexibility index (Phi) is 2.16. The summed E-state index contributed by atoms with van der Waals surface area (Å²) in [5.74, 6) is 0. The lowest BCUT2D eigenvalue weighted by molar-refractivity contribution is 0.615. The summed E-state index contributed by atoms with van der Waals surface area (Å²) in [7, 11) is 0.0146. The minimum Gasteiger partial charge on any atom is -0.456 e. The summed E-state index contributed by atoms with van der Waals surface area (Å²) in [5.41, 5.74) is 2.37. The van der Waals surface area contributed by atoms with Crippen LogP contribution in [-0.4, -0.2) is 12.5 Å². The standard InChI is InChI=1S/C12H8BClO2/c14-9-2-1-3-10-12(9)8-5-4-7(13-15)6-11(8)16-10/h1-6,13,15H. The lowest BCUT2D eigenvalue weighted by Crippen LogP contribution is -2.11. The van der Waals surface area contributed by atoms with E-state index in [-0.39, 0.29) is 7.48 Å². The van der Waals surface area contributed by atoms with Gasteiger partial charge >= 0.3 is 7.48 Å². The predicted molar refractivity (Wildman–Crippen MR) is 67.7 cm³/mol. The fraction of sp³-hybridized carbons (Fsp3) is 0. The average Bonchev–Trinajstić information content (AvgIpc) is 2.67. The van der Waals surface area contributed by atoms with Gasteiger partial charge in [-0.15, -0.1) is 0 Å². The molecule has 0 saturated carbocycles. The SMILES string of the molecule is OBc1ccc2c(c1)oc1cccc(Cl)c12. The molecule has 0 fully saturated rings. The summed E-state index contributed by atoms with van der Waals surface area (Å²) in [6, 6.07) is 11.2. The first-order chi connectivity index (χ1) is 7.79. The topological polar surface area (TPSA) is 33.4 Å². The highest BCUT2D eigenvalue weighted by Gasteiger charge is 2.09. The number of halogens is 1. The Labute approximate surface area is 97.7 Å². The molecule has 2 aromatic carbocycles. The molecule has 0 spiro atoms. The Morgan fingerprint density at radius 3 is 2.81 bits per heavy atom. The summed E-state index contributed by atoms with van der Waals surface area (Å²) in [4.78, 5) is 0. The minimum absolute atomic E-state index is 0.0146. The first kappa shape index (κ1) is 9.76. The highest BCUT2D eigenvalue weighted by Crippen LogP contribution is 2.32. The van der Waals surface area contributed by atoms with Crippen molar-refractivity contribution >= 4 is 46.5 Å².